The lowest BCUT2D eigenvalue weighted by atomic mass is 9.86. The van der Waals surface area contributed by atoms with E-state index in [2.05, 4.69) is 158 Å². The maximum Gasteiger partial charge on any atom is -0.00143 e. The molecule has 0 heterocycles. The topological polar surface area (TPSA) is 0 Å². The molecule has 1 aliphatic carbocycles. The number of benzene rings is 8. The van der Waals surface area contributed by atoms with Gasteiger partial charge in [0.2, 0.25) is 0 Å². The molecule has 0 unspecified atom stereocenters. The van der Waals surface area contributed by atoms with Crippen molar-refractivity contribution < 1.29 is 0 Å². The van der Waals surface area contributed by atoms with Crippen LogP contribution in [0.15, 0.2) is 152 Å². The van der Waals surface area contributed by atoms with Gasteiger partial charge in [0, 0.05) is 0 Å². The van der Waals surface area contributed by atoms with Crippen molar-refractivity contribution >= 4 is 49.2 Å². The van der Waals surface area contributed by atoms with Gasteiger partial charge in [-0.25, -0.2) is 0 Å². The molecule has 0 saturated carbocycles. The highest BCUT2D eigenvalue weighted by atomic mass is 14.2. The minimum Gasteiger partial charge on any atom is -0.0795 e. The first-order valence-electron chi connectivity index (χ1n) is 15.1. The van der Waals surface area contributed by atoms with Crippen LogP contribution in [-0.2, 0) is 6.42 Å². The van der Waals surface area contributed by atoms with E-state index in [0.717, 1.165) is 6.42 Å². The highest BCUT2D eigenvalue weighted by Gasteiger charge is 2.21. The Balaban J connectivity index is 1.20. The fourth-order valence-electron chi connectivity index (χ4n) is 7.34. The van der Waals surface area contributed by atoms with E-state index in [0.29, 0.717) is 0 Å². The SMILES string of the molecule is C(=C\c1c2ccccc2c(-c2ccccc2)c2c1ccc1ccccc12)/Cc1ccc2c(c1)-c1cccc3cccc-2c13. The van der Waals surface area contributed by atoms with Crippen molar-refractivity contribution in [3.63, 3.8) is 0 Å². The van der Waals surface area contributed by atoms with Crippen LogP contribution in [0.25, 0.3) is 82.5 Å². The Morgan fingerprint density at radius 3 is 1.95 bits per heavy atom. The average Bonchev–Trinajstić information content (AvgIpc) is 3.39. The predicted octanol–water partition coefficient (Wildman–Crippen LogP) is 11.9. The highest BCUT2D eigenvalue weighted by Crippen LogP contribution is 2.47. The Hall–Kier alpha value is -5.46. The van der Waals surface area contributed by atoms with E-state index in [1.165, 1.54) is 87.6 Å². The monoisotopic (exact) mass is 544 g/mol. The van der Waals surface area contributed by atoms with Gasteiger partial charge in [0.25, 0.3) is 0 Å². The molecule has 0 aliphatic heterocycles. The van der Waals surface area contributed by atoms with E-state index >= 15 is 0 Å². The lowest BCUT2D eigenvalue weighted by Gasteiger charge is -2.17. The fraction of sp³-hybridized carbons (Fsp3) is 0.0233. The molecule has 0 amide bonds. The van der Waals surface area contributed by atoms with Crippen molar-refractivity contribution in [3.05, 3.63) is 163 Å². The van der Waals surface area contributed by atoms with Crippen LogP contribution in [0.3, 0.4) is 0 Å². The number of fused-ring (bicyclic) bond motifs is 7. The van der Waals surface area contributed by atoms with Crippen molar-refractivity contribution in [1.82, 2.24) is 0 Å². The molecule has 8 aromatic carbocycles. The zero-order chi connectivity index (χ0) is 28.3. The molecule has 43 heavy (non-hydrogen) atoms. The van der Waals surface area contributed by atoms with Gasteiger partial charge >= 0.3 is 0 Å². The Morgan fingerprint density at radius 1 is 0.419 bits per heavy atom. The Bertz CT molecular complexity index is 2400. The van der Waals surface area contributed by atoms with E-state index in [1.54, 1.807) is 0 Å². The summed E-state index contributed by atoms with van der Waals surface area (Å²) in [5.41, 5.74) is 10.6. The zero-order valence-electron chi connectivity index (χ0n) is 23.7. The summed E-state index contributed by atoms with van der Waals surface area (Å²) in [6.07, 6.45) is 5.59. The molecule has 0 N–H and O–H groups in total. The molecular formula is C43H28. The molecule has 0 radical (unpaired) electrons. The van der Waals surface area contributed by atoms with Gasteiger partial charge in [-0.05, 0) is 94.0 Å². The number of allylic oxidation sites excluding steroid dienone is 1. The highest BCUT2D eigenvalue weighted by molar-refractivity contribution is 6.25. The van der Waals surface area contributed by atoms with E-state index in [4.69, 9.17) is 0 Å². The van der Waals surface area contributed by atoms with Gasteiger partial charge < -0.3 is 0 Å². The molecular weight excluding hydrogens is 516 g/mol. The minimum atomic E-state index is 0.878. The molecule has 1 aliphatic rings. The standard InChI is InChI=1S/C43H28/c1-2-13-31(14-3-1)42-37-19-7-6-18-33(37)34(39-26-24-29-12-4-5-17-32(29)43(39)42)20-8-11-28-23-25-35-36-21-9-15-30-16-10-22-38(41(30)36)40(35)27-28/h1-10,12-27H,11H2/b20-8+. The van der Waals surface area contributed by atoms with Crippen molar-refractivity contribution in [2.45, 2.75) is 6.42 Å². The van der Waals surface area contributed by atoms with Gasteiger partial charge in [-0.2, -0.15) is 0 Å². The van der Waals surface area contributed by atoms with Gasteiger partial charge in [-0.3, -0.25) is 0 Å². The lowest BCUT2D eigenvalue weighted by molar-refractivity contribution is 1.28. The van der Waals surface area contributed by atoms with Gasteiger partial charge in [0.15, 0.2) is 0 Å². The zero-order valence-corrected chi connectivity index (χ0v) is 23.7. The maximum absolute atomic E-state index is 2.40. The summed E-state index contributed by atoms with van der Waals surface area (Å²) in [7, 11) is 0. The second-order valence-electron chi connectivity index (χ2n) is 11.6. The van der Waals surface area contributed by atoms with Gasteiger partial charge in [0.05, 0.1) is 0 Å². The van der Waals surface area contributed by atoms with Gasteiger partial charge in [-0.15, -0.1) is 0 Å². The maximum atomic E-state index is 2.40. The van der Waals surface area contributed by atoms with Crippen LogP contribution >= 0.6 is 0 Å². The summed E-state index contributed by atoms with van der Waals surface area (Å²) in [6, 6.07) is 53.5. The van der Waals surface area contributed by atoms with Crippen LogP contribution in [0.4, 0.5) is 0 Å². The molecule has 8 aromatic rings. The number of hydrogen-bond donors (Lipinski definition) is 0. The average molecular weight is 545 g/mol. The molecule has 9 rings (SSSR count). The van der Waals surface area contributed by atoms with Crippen LogP contribution in [0.2, 0.25) is 0 Å². The van der Waals surface area contributed by atoms with E-state index in [-0.39, 0.29) is 0 Å². The first-order chi connectivity index (χ1) is 21.3. The predicted molar refractivity (Wildman–Crippen MR) is 186 cm³/mol. The summed E-state index contributed by atoms with van der Waals surface area (Å²) < 4.78 is 0. The first-order valence-corrected chi connectivity index (χ1v) is 15.1. The third-order valence-electron chi connectivity index (χ3n) is 9.23. The molecule has 200 valence electrons. The Morgan fingerprint density at radius 2 is 1.12 bits per heavy atom. The molecule has 0 heteroatoms. The van der Waals surface area contributed by atoms with E-state index < -0.39 is 0 Å². The summed E-state index contributed by atoms with van der Waals surface area (Å²) in [6.45, 7) is 0. The lowest BCUT2D eigenvalue weighted by Crippen LogP contribution is -1.91. The van der Waals surface area contributed by atoms with Crippen molar-refractivity contribution in [3.8, 4) is 33.4 Å². The Labute approximate surface area is 251 Å². The summed E-state index contributed by atoms with van der Waals surface area (Å²) in [4.78, 5) is 0. The van der Waals surface area contributed by atoms with Crippen LogP contribution in [-0.4, -0.2) is 0 Å². The number of hydrogen-bond acceptors (Lipinski definition) is 0. The minimum absolute atomic E-state index is 0.878. The molecule has 0 nitrogen and oxygen atoms in total. The van der Waals surface area contributed by atoms with Crippen LogP contribution < -0.4 is 0 Å². The molecule has 0 fully saturated rings. The second-order valence-corrected chi connectivity index (χ2v) is 11.6. The van der Waals surface area contributed by atoms with Gasteiger partial charge in [0.1, 0.15) is 0 Å². The summed E-state index contributed by atoms with van der Waals surface area (Å²) in [5.74, 6) is 0. The third kappa shape index (κ3) is 3.70. The molecule has 0 atom stereocenters. The largest absolute Gasteiger partial charge is 0.0795 e. The van der Waals surface area contributed by atoms with Crippen molar-refractivity contribution in [2.24, 2.45) is 0 Å². The van der Waals surface area contributed by atoms with Gasteiger partial charge in [-0.1, -0.05) is 158 Å². The third-order valence-corrected chi connectivity index (χ3v) is 9.23. The van der Waals surface area contributed by atoms with E-state index in [9.17, 15) is 0 Å². The number of rotatable bonds is 4. The van der Waals surface area contributed by atoms with Crippen LogP contribution in [0, 0.1) is 0 Å². The fourth-order valence-corrected chi connectivity index (χ4v) is 7.34. The van der Waals surface area contributed by atoms with Crippen LogP contribution in [0.5, 0.6) is 0 Å². The van der Waals surface area contributed by atoms with Crippen LogP contribution in [0.1, 0.15) is 11.1 Å². The van der Waals surface area contributed by atoms with Crippen molar-refractivity contribution in [1.29, 1.82) is 0 Å². The summed E-state index contributed by atoms with van der Waals surface area (Å²) >= 11 is 0. The normalized spacial score (nSPS) is 12.2. The van der Waals surface area contributed by atoms with E-state index in [1.807, 2.05) is 0 Å². The molecule has 0 aromatic heterocycles. The molecule has 0 spiro atoms. The van der Waals surface area contributed by atoms with Crippen molar-refractivity contribution in [2.75, 3.05) is 0 Å². The molecule has 0 bridgehead atoms. The second kappa shape index (κ2) is 9.54. The first kappa shape index (κ1) is 24.2. The quantitative estimate of drug-likeness (QED) is 0.153. The Kier molecular flexibility index (Phi) is 5.36. The smallest absolute Gasteiger partial charge is 0.00143 e. The summed E-state index contributed by atoms with van der Waals surface area (Å²) in [5, 5.41) is 10.5. The molecule has 0 saturated heterocycles.